The molecule has 0 bridgehead atoms. The Labute approximate surface area is 376 Å². The van der Waals surface area contributed by atoms with Gasteiger partial charge in [0.25, 0.3) is 0 Å². The van der Waals surface area contributed by atoms with Gasteiger partial charge in [-0.25, -0.2) is 0 Å². The molecule has 0 spiro atoms. The second-order valence-corrected chi connectivity index (χ2v) is 16.9. The van der Waals surface area contributed by atoms with E-state index in [-0.39, 0.29) is 0 Å². The van der Waals surface area contributed by atoms with E-state index in [1.165, 1.54) is 60.0 Å². The fourth-order valence-electron chi connectivity index (χ4n) is 10.1. The summed E-state index contributed by atoms with van der Waals surface area (Å²) < 4.78 is 8.85. The lowest BCUT2D eigenvalue weighted by Gasteiger charge is -2.27. The van der Waals surface area contributed by atoms with Crippen LogP contribution in [0.5, 0.6) is 0 Å². The van der Waals surface area contributed by atoms with E-state index in [2.05, 4.69) is 240 Å². The predicted octanol–water partition coefficient (Wildman–Crippen LogP) is 17.5. The number of rotatable bonds is 7. The maximum Gasteiger partial charge on any atom is 0.143 e. The van der Waals surface area contributed by atoms with E-state index in [9.17, 15) is 0 Å². The molecule has 65 heavy (non-hydrogen) atoms. The average Bonchev–Trinajstić information content (AvgIpc) is 3.93. The van der Waals surface area contributed by atoms with Crippen LogP contribution in [0.25, 0.3) is 104 Å². The highest BCUT2D eigenvalue weighted by Crippen LogP contribution is 2.42. The number of furan rings is 1. The molecule has 0 radical (unpaired) electrons. The number of benzene rings is 11. The van der Waals surface area contributed by atoms with Crippen LogP contribution < -0.4 is 4.90 Å². The van der Waals surface area contributed by atoms with Gasteiger partial charge in [-0.1, -0.05) is 176 Å². The predicted molar refractivity (Wildman–Crippen MR) is 274 cm³/mol. The van der Waals surface area contributed by atoms with Gasteiger partial charge in [-0.15, -0.1) is 0 Å². The first-order chi connectivity index (χ1) is 32.2. The molecule has 2 heterocycles. The number of hydrogen-bond donors (Lipinski definition) is 0. The zero-order chi connectivity index (χ0) is 42.8. The quantitative estimate of drug-likeness (QED) is 0.149. The Bertz CT molecular complexity index is 3900. The van der Waals surface area contributed by atoms with Crippen LogP contribution in [0.4, 0.5) is 17.1 Å². The summed E-state index contributed by atoms with van der Waals surface area (Å²) in [6, 6.07) is 87.7. The Hall–Kier alpha value is -8.66. The van der Waals surface area contributed by atoms with Crippen molar-refractivity contribution in [3.05, 3.63) is 243 Å². The average molecular weight is 829 g/mol. The maximum absolute atomic E-state index is 6.43. The van der Waals surface area contributed by atoms with Crippen LogP contribution in [-0.2, 0) is 0 Å². The van der Waals surface area contributed by atoms with E-state index < -0.39 is 0 Å². The smallest absolute Gasteiger partial charge is 0.143 e. The van der Waals surface area contributed by atoms with E-state index in [1.54, 1.807) is 0 Å². The molecule has 0 amide bonds. The molecule has 0 aliphatic rings. The molecular formula is C62H40N2O. The van der Waals surface area contributed by atoms with Crippen LogP contribution in [0.1, 0.15) is 0 Å². The van der Waals surface area contributed by atoms with E-state index in [1.807, 2.05) is 12.1 Å². The van der Waals surface area contributed by atoms with Crippen molar-refractivity contribution in [2.24, 2.45) is 0 Å². The lowest BCUT2D eigenvalue weighted by atomic mass is 9.96. The topological polar surface area (TPSA) is 21.3 Å². The Kier molecular flexibility index (Phi) is 8.53. The highest BCUT2D eigenvalue weighted by molar-refractivity contribution is 6.13. The minimum absolute atomic E-state index is 0.912. The Morgan fingerprint density at radius 1 is 0.308 bits per heavy atom. The van der Waals surface area contributed by atoms with Gasteiger partial charge < -0.3 is 13.9 Å². The number of aromatic nitrogens is 1. The molecule has 3 heteroatoms. The first-order valence-corrected chi connectivity index (χ1v) is 22.2. The minimum atomic E-state index is 0.912. The van der Waals surface area contributed by atoms with Gasteiger partial charge in [0, 0.05) is 49.7 Å². The van der Waals surface area contributed by atoms with E-state index in [0.29, 0.717) is 0 Å². The van der Waals surface area contributed by atoms with Gasteiger partial charge in [0.05, 0.1) is 16.7 Å². The second-order valence-electron chi connectivity index (χ2n) is 16.9. The third-order valence-corrected chi connectivity index (χ3v) is 13.2. The summed E-state index contributed by atoms with van der Waals surface area (Å²) >= 11 is 0. The molecule has 13 rings (SSSR count). The van der Waals surface area contributed by atoms with Gasteiger partial charge in [-0.2, -0.15) is 0 Å². The standard InChI is InChI=1S/C62H40N2O/c1-2-14-41(15-3-1)43-16-12-17-48(39-43)63(47-33-30-42(31-34-47)52-18-4-8-24-58(52)64-59-25-9-5-19-54(59)55-20-6-10-26-60(55)64)49-35-37-51-46(40-49)29-28-44-38-45(32-36-50(44)51)53-22-13-23-57-56-21-7-11-27-61(56)65-62(53)57/h1-40H. The molecule has 11 aromatic carbocycles. The van der Waals surface area contributed by atoms with Crippen LogP contribution in [0, 0.1) is 0 Å². The number of hydrogen-bond acceptors (Lipinski definition) is 2. The van der Waals surface area contributed by atoms with E-state index in [0.717, 1.165) is 61.4 Å². The van der Waals surface area contributed by atoms with Crippen molar-refractivity contribution in [3.63, 3.8) is 0 Å². The van der Waals surface area contributed by atoms with Crippen molar-refractivity contribution in [1.29, 1.82) is 0 Å². The molecule has 304 valence electrons. The van der Waals surface area contributed by atoms with Crippen molar-refractivity contribution in [2.75, 3.05) is 4.90 Å². The van der Waals surface area contributed by atoms with E-state index in [4.69, 9.17) is 4.42 Å². The maximum atomic E-state index is 6.43. The summed E-state index contributed by atoms with van der Waals surface area (Å²) in [6.07, 6.45) is 0. The molecule has 0 saturated heterocycles. The summed E-state index contributed by atoms with van der Waals surface area (Å²) in [5, 5.41) is 9.61. The minimum Gasteiger partial charge on any atom is -0.455 e. The third kappa shape index (κ3) is 6.12. The Balaban J connectivity index is 0.916. The summed E-state index contributed by atoms with van der Waals surface area (Å²) in [7, 11) is 0. The lowest BCUT2D eigenvalue weighted by Crippen LogP contribution is -2.10. The van der Waals surface area contributed by atoms with Crippen molar-refractivity contribution in [1.82, 2.24) is 4.57 Å². The SMILES string of the molecule is c1ccc(-c2cccc(N(c3ccc(-c4ccccc4-n4c5ccccc5c5ccccc54)cc3)c3ccc4c(ccc5cc(-c6cccc7c6oc6ccccc67)ccc54)c3)c2)cc1. The van der Waals surface area contributed by atoms with Crippen LogP contribution in [0.15, 0.2) is 247 Å². The highest BCUT2D eigenvalue weighted by atomic mass is 16.3. The molecule has 0 fully saturated rings. The van der Waals surface area contributed by atoms with Gasteiger partial charge in [0.2, 0.25) is 0 Å². The highest BCUT2D eigenvalue weighted by Gasteiger charge is 2.19. The fourth-order valence-corrected chi connectivity index (χ4v) is 10.1. The van der Waals surface area contributed by atoms with Crippen LogP contribution in [-0.4, -0.2) is 4.57 Å². The fraction of sp³-hybridized carbons (Fsp3) is 0. The molecule has 0 unspecified atom stereocenters. The number of anilines is 3. The van der Waals surface area contributed by atoms with Crippen molar-refractivity contribution in [2.45, 2.75) is 0 Å². The first kappa shape index (κ1) is 36.9. The van der Waals surface area contributed by atoms with Crippen molar-refractivity contribution < 1.29 is 4.42 Å². The molecular weight excluding hydrogens is 789 g/mol. The van der Waals surface area contributed by atoms with Gasteiger partial charge >= 0.3 is 0 Å². The van der Waals surface area contributed by atoms with Gasteiger partial charge in [0.15, 0.2) is 0 Å². The lowest BCUT2D eigenvalue weighted by molar-refractivity contribution is 0.670. The zero-order valence-electron chi connectivity index (χ0n) is 35.4. The summed E-state index contributed by atoms with van der Waals surface area (Å²) in [6.45, 7) is 0. The largest absolute Gasteiger partial charge is 0.455 e. The molecule has 3 nitrogen and oxygen atoms in total. The number of para-hydroxylation sites is 5. The normalized spacial score (nSPS) is 11.7. The molecule has 0 atom stereocenters. The van der Waals surface area contributed by atoms with Crippen LogP contribution >= 0.6 is 0 Å². The van der Waals surface area contributed by atoms with Gasteiger partial charge in [-0.05, 0) is 111 Å². The van der Waals surface area contributed by atoms with Crippen molar-refractivity contribution in [3.8, 4) is 39.1 Å². The summed E-state index contributed by atoms with van der Waals surface area (Å²) in [4.78, 5) is 2.38. The molecule has 0 aliphatic carbocycles. The Morgan fingerprint density at radius 3 is 1.68 bits per heavy atom. The summed E-state index contributed by atoms with van der Waals surface area (Å²) in [5.41, 5.74) is 15.6. The molecule has 13 aromatic rings. The van der Waals surface area contributed by atoms with Crippen LogP contribution in [0.3, 0.4) is 0 Å². The van der Waals surface area contributed by atoms with E-state index >= 15 is 0 Å². The summed E-state index contributed by atoms with van der Waals surface area (Å²) in [5.74, 6) is 0. The molecule has 0 aliphatic heterocycles. The monoisotopic (exact) mass is 828 g/mol. The molecule has 0 N–H and O–H groups in total. The van der Waals surface area contributed by atoms with Crippen LogP contribution in [0.2, 0.25) is 0 Å². The van der Waals surface area contributed by atoms with Gasteiger partial charge in [-0.3, -0.25) is 0 Å². The Morgan fingerprint density at radius 2 is 0.877 bits per heavy atom. The number of fused-ring (bicyclic) bond motifs is 9. The molecule has 2 aromatic heterocycles. The second kappa shape index (κ2) is 15.0. The third-order valence-electron chi connectivity index (χ3n) is 13.2. The van der Waals surface area contributed by atoms with Gasteiger partial charge in [0.1, 0.15) is 11.2 Å². The van der Waals surface area contributed by atoms with Crippen molar-refractivity contribution >= 4 is 82.4 Å². The zero-order valence-corrected chi connectivity index (χ0v) is 35.4. The first-order valence-electron chi connectivity index (χ1n) is 22.2. The molecule has 0 saturated carbocycles. The number of nitrogens with zero attached hydrogens (tertiary/aromatic N) is 2.